The molecule has 0 aromatic rings. The lowest BCUT2D eigenvalue weighted by Crippen LogP contribution is -2.41. The Morgan fingerprint density at radius 3 is 2.60 bits per heavy atom. The summed E-state index contributed by atoms with van der Waals surface area (Å²) in [6.07, 6.45) is 13.1. The topological polar surface area (TPSA) is 35.8 Å². The molecule has 0 aromatic carbocycles. The molecule has 2 unspecified atom stereocenters. The van der Waals surface area contributed by atoms with Crippen molar-refractivity contribution in [1.82, 2.24) is 5.32 Å². The molecular formula is C13H20N2. The summed E-state index contributed by atoms with van der Waals surface area (Å²) in [6, 6.07) is 3.15. The lowest BCUT2D eigenvalue weighted by Gasteiger charge is -2.26. The van der Waals surface area contributed by atoms with Gasteiger partial charge in [-0.3, -0.25) is 5.32 Å². The summed E-state index contributed by atoms with van der Waals surface area (Å²) in [5.41, 5.74) is 0. The van der Waals surface area contributed by atoms with E-state index in [4.69, 9.17) is 0 Å². The monoisotopic (exact) mass is 204 g/mol. The van der Waals surface area contributed by atoms with E-state index in [0.29, 0.717) is 12.0 Å². The van der Waals surface area contributed by atoms with E-state index < -0.39 is 0 Å². The number of rotatable bonds is 3. The van der Waals surface area contributed by atoms with Gasteiger partial charge in [0, 0.05) is 6.04 Å². The Labute approximate surface area is 92.4 Å². The van der Waals surface area contributed by atoms with Crippen LogP contribution in [0.15, 0.2) is 12.2 Å². The van der Waals surface area contributed by atoms with Gasteiger partial charge < -0.3 is 0 Å². The van der Waals surface area contributed by atoms with E-state index in [0.717, 1.165) is 12.8 Å². The average molecular weight is 204 g/mol. The van der Waals surface area contributed by atoms with Crippen LogP contribution in [0.2, 0.25) is 0 Å². The average Bonchev–Trinajstić information content (AvgIpc) is 2.80. The van der Waals surface area contributed by atoms with Crippen LogP contribution in [0.1, 0.15) is 44.9 Å². The van der Waals surface area contributed by atoms with Crippen LogP contribution in [0, 0.1) is 17.2 Å². The Hall–Kier alpha value is -0.810. The standard InChI is InChI=1S/C13H20N2/c14-10-13(11-6-2-1-3-7-11)15-12-8-4-5-9-12/h1-2,11-13,15H,3-9H2. The predicted molar refractivity (Wildman–Crippen MR) is 61.3 cm³/mol. The van der Waals surface area contributed by atoms with Gasteiger partial charge in [-0.05, 0) is 38.0 Å². The van der Waals surface area contributed by atoms with Gasteiger partial charge in [0.25, 0.3) is 0 Å². The van der Waals surface area contributed by atoms with Crippen molar-refractivity contribution < 1.29 is 0 Å². The largest absolute Gasteiger partial charge is 0.299 e. The Bertz CT molecular complexity index is 258. The van der Waals surface area contributed by atoms with Gasteiger partial charge in [0.1, 0.15) is 0 Å². The summed E-state index contributed by atoms with van der Waals surface area (Å²) >= 11 is 0. The number of allylic oxidation sites excluding steroid dienone is 2. The van der Waals surface area contributed by atoms with E-state index >= 15 is 0 Å². The summed E-state index contributed by atoms with van der Waals surface area (Å²) < 4.78 is 0. The number of nitrogens with zero attached hydrogens (tertiary/aromatic N) is 1. The molecule has 0 amide bonds. The lowest BCUT2D eigenvalue weighted by molar-refractivity contribution is 0.349. The maximum absolute atomic E-state index is 9.20. The highest BCUT2D eigenvalue weighted by atomic mass is 15.0. The molecule has 15 heavy (non-hydrogen) atoms. The fourth-order valence-corrected chi connectivity index (χ4v) is 2.74. The Balaban J connectivity index is 1.86. The third-order valence-electron chi connectivity index (χ3n) is 3.69. The zero-order chi connectivity index (χ0) is 10.5. The summed E-state index contributed by atoms with van der Waals surface area (Å²) in [6.45, 7) is 0. The first kappa shape index (κ1) is 10.7. The molecular weight excluding hydrogens is 184 g/mol. The summed E-state index contributed by atoms with van der Waals surface area (Å²) in [4.78, 5) is 0. The SMILES string of the molecule is N#CC(NC1CCCC1)C1CC=CCC1. The van der Waals surface area contributed by atoms with Crippen LogP contribution in [0.3, 0.4) is 0 Å². The Morgan fingerprint density at radius 1 is 1.20 bits per heavy atom. The summed E-state index contributed by atoms with van der Waals surface area (Å²) in [5, 5.41) is 12.7. The second-order valence-electron chi connectivity index (χ2n) is 4.80. The zero-order valence-electron chi connectivity index (χ0n) is 9.28. The summed E-state index contributed by atoms with van der Waals surface area (Å²) in [5.74, 6) is 0.542. The van der Waals surface area contributed by atoms with Gasteiger partial charge in [0.05, 0.1) is 12.1 Å². The highest BCUT2D eigenvalue weighted by Gasteiger charge is 2.25. The molecule has 1 saturated carbocycles. The van der Waals surface area contributed by atoms with Gasteiger partial charge in [-0.15, -0.1) is 0 Å². The minimum absolute atomic E-state index is 0.0815. The molecule has 0 bridgehead atoms. The molecule has 1 fully saturated rings. The number of hydrogen-bond donors (Lipinski definition) is 1. The molecule has 0 aliphatic heterocycles. The zero-order valence-corrected chi connectivity index (χ0v) is 9.28. The van der Waals surface area contributed by atoms with Crippen LogP contribution in [-0.4, -0.2) is 12.1 Å². The van der Waals surface area contributed by atoms with Crippen molar-refractivity contribution >= 4 is 0 Å². The van der Waals surface area contributed by atoms with Gasteiger partial charge in [-0.25, -0.2) is 0 Å². The molecule has 82 valence electrons. The molecule has 2 nitrogen and oxygen atoms in total. The number of nitrogens with one attached hydrogen (secondary N) is 1. The van der Waals surface area contributed by atoms with Crippen molar-refractivity contribution in [3.63, 3.8) is 0 Å². The van der Waals surface area contributed by atoms with E-state index in [1.54, 1.807) is 0 Å². The normalized spacial score (nSPS) is 28.9. The molecule has 0 heterocycles. The van der Waals surface area contributed by atoms with Crippen LogP contribution in [0.25, 0.3) is 0 Å². The molecule has 2 aliphatic carbocycles. The molecule has 1 N–H and O–H groups in total. The molecule has 2 heteroatoms. The van der Waals surface area contributed by atoms with Crippen LogP contribution in [-0.2, 0) is 0 Å². The molecule has 2 aliphatic rings. The van der Waals surface area contributed by atoms with E-state index in [1.165, 1.54) is 32.1 Å². The van der Waals surface area contributed by atoms with Gasteiger partial charge in [-0.1, -0.05) is 25.0 Å². The Morgan fingerprint density at radius 2 is 2.00 bits per heavy atom. The molecule has 0 radical (unpaired) electrons. The van der Waals surface area contributed by atoms with Crippen LogP contribution >= 0.6 is 0 Å². The van der Waals surface area contributed by atoms with E-state index in [2.05, 4.69) is 23.5 Å². The van der Waals surface area contributed by atoms with Crippen LogP contribution < -0.4 is 5.32 Å². The Kier molecular flexibility index (Phi) is 3.80. The van der Waals surface area contributed by atoms with Gasteiger partial charge in [-0.2, -0.15) is 5.26 Å². The fourth-order valence-electron chi connectivity index (χ4n) is 2.74. The number of nitriles is 1. The van der Waals surface area contributed by atoms with Gasteiger partial charge >= 0.3 is 0 Å². The van der Waals surface area contributed by atoms with Crippen molar-refractivity contribution in [3.8, 4) is 6.07 Å². The van der Waals surface area contributed by atoms with Crippen LogP contribution in [0.4, 0.5) is 0 Å². The summed E-state index contributed by atoms with van der Waals surface area (Å²) in [7, 11) is 0. The second-order valence-corrected chi connectivity index (χ2v) is 4.80. The third-order valence-corrected chi connectivity index (χ3v) is 3.69. The third kappa shape index (κ3) is 2.82. The second kappa shape index (κ2) is 5.32. The van der Waals surface area contributed by atoms with Crippen molar-refractivity contribution in [1.29, 1.82) is 5.26 Å². The lowest BCUT2D eigenvalue weighted by atomic mass is 9.88. The van der Waals surface area contributed by atoms with Crippen molar-refractivity contribution in [2.75, 3.05) is 0 Å². The molecule has 2 atom stereocenters. The molecule has 0 spiro atoms. The minimum Gasteiger partial charge on any atom is -0.299 e. The highest BCUT2D eigenvalue weighted by Crippen LogP contribution is 2.24. The smallest absolute Gasteiger partial charge is 0.0986 e. The van der Waals surface area contributed by atoms with E-state index in [9.17, 15) is 5.26 Å². The van der Waals surface area contributed by atoms with Crippen molar-refractivity contribution in [2.45, 2.75) is 57.0 Å². The minimum atomic E-state index is 0.0815. The van der Waals surface area contributed by atoms with E-state index in [1.807, 2.05) is 0 Å². The van der Waals surface area contributed by atoms with Crippen LogP contribution in [0.5, 0.6) is 0 Å². The fraction of sp³-hybridized carbons (Fsp3) is 0.769. The quantitative estimate of drug-likeness (QED) is 0.717. The first-order valence-corrected chi connectivity index (χ1v) is 6.21. The maximum atomic E-state index is 9.20. The molecule has 2 rings (SSSR count). The molecule has 0 aromatic heterocycles. The molecule has 0 saturated heterocycles. The predicted octanol–water partition coefficient (Wildman–Crippen LogP) is 2.77. The highest BCUT2D eigenvalue weighted by molar-refractivity contribution is 5.02. The number of hydrogen-bond acceptors (Lipinski definition) is 2. The van der Waals surface area contributed by atoms with Crippen molar-refractivity contribution in [3.05, 3.63) is 12.2 Å². The van der Waals surface area contributed by atoms with Gasteiger partial charge in [0.15, 0.2) is 0 Å². The maximum Gasteiger partial charge on any atom is 0.0986 e. The first-order valence-electron chi connectivity index (χ1n) is 6.21. The first-order chi connectivity index (χ1) is 7.40. The van der Waals surface area contributed by atoms with Gasteiger partial charge in [0.2, 0.25) is 0 Å². The van der Waals surface area contributed by atoms with Crippen molar-refractivity contribution in [2.24, 2.45) is 5.92 Å². The van der Waals surface area contributed by atoms with E-state index in [-0.39, 0.29) is 6.04 Å².